The van der Waals surface area contributed by atoms with Gasteiger partial charge < -0.3 is 26.7 Å². The first kappa shape index (κ1) is 27.2. The third-order valence-corrected chi connectivity index (χ3v) is 3.95. The molecular formula is C23H36N3O4+. The molecule has 0 unspecified atom stereocenters. The third kappa shape index (κ3) is 7.24. The van der Waals surface area contributed by atoms with E-state index >= 15 is 0 Å². The molecule has 2 aromatic rings. The van der Waals surface area contributed by atoms with Crippen molar-refractivity contribution in [1.82, 2.24) is 5.32 Å². The van der Waals surface area contributed by atoms with Crippen molar-refractivity contribution in [1.29, 1.82) is 0 Å². The summed E-state index contributed by atoms with van der Waals surface area (Å²) in [4.78, 5) is 36.3. The first-order chi connectivity index (χ1) is 14.2. The van der Waals surface area contributed by atoms with Crippen LogP contribution in [0.25, 0.3) is 10.8 Å². The SMILES string of the molecule is CCCC(=O)c1ccc(C(=O)NCC)c2c(C)ccc(C(=O)[O-])c12.CC[NH3+].CC[NH3+]. The zero-order valence-corrected chi connectivity index (χ0v) is 18.9. The maximum atomic E-state index is 12.4. The van der Waals surface area contributed by atoms with Crippen molar-refractivity contribution < 1.29 is 31.0 Å². The van der Waals surface area contributed by atoms with Gasteiger partial charge in [-0.25, -0.2) is 0 Å². The summed E-state index contributed by atoms with van der Waals surface area (Å²) in [6.45, 7) is 12.0. The van der Waals surface area contributed by atoms with Gasteiger partial charge in [0.15, 0.2) is 5.78 Å². The molecule has 0 radical (unpaired) electrons. The minimum absolute atomic E-state index is 0.0683. The number of hydrogen-bond donors (Lipinski definition) is 3. The Kier molecular flexibility index (Phi) is 12.9. The van der Waals surface area contributed by atoms with Gasteiger partial charge in [-0.1, -0.05) is 19.1 Å². The number of carboxylic acids is 1. The van der Waals surface area contributed by atoms with Crippen LogP contribution in [0.15, 0.2) is 24.3 Å². The highest BCUT2D eigenvalue weighted by Crippen LogP contribution is 2.30. The van der Waals surface area contributed by atoms with E-state index in [4.69, 9.17) is 0 Å². The smallest absolute Gasteiger partial charge is 0.251 e. The van der Waals surface area contributed by atoms with Crippen LogP contribution in [0.4, 0.5) is 0 Å². The molecule has 2 aromatic carbocycles. The zero-order valence-electron chi connectivity index (χ0n) is 18.9. The summed E-state index contributed by atoms with van der Waals surface area (Å²) in [7, 11) is 0. The van der Waals surface area contributed by atoms with Gasteiger partial charge in [0, 0.05) is 35.0 Å². The van der Waals surface area contributed by atoms with Crippen molar-refractivity contribution in [2.75, 3.05) is 19.6 Å². The van der Waals surface area contributed by atoms with Crippen molar-refractivity contribution >= 4 is 28.4 Å². The normalized spacial score (nSPS) is 9.70. The number of rotatable bonds is 6. The Morgan fingerprint density at radius 3 is 1.83 bits per heavy atom. The van der Waals surface area contributed by atoms with E-state index in [1.807, 2.05) is 20.8 Å². The molecule has 7 heteroatoms. The van der Waals surface area contributed by atoms with Gasteiger partial charge in [0.1, 0.15) is 0 Å². The number of hydrogen-bond acceptors (Lipinski definition) is 4. The van der Waals surface area contributed by atoms with E-state index in [-0.39, 0.29) is 22.6 Å². The molecule has 0 fully saturated rings. The Balaban J connectivity index is 0.00000125. The van der Waals surface area contributed by atoms with E-state index in [1.165, 1.54) is 12.1 Å². The van der Waals surface area contributed by atoms with Crippen molar-refractivity contribution in [2.45, 2.75) is 47.5 Å². The van der Waals surface area contributed by atoms with Gasteiger partial charge in [-0.2, -0.15) is 0 Å². The number of quaternary nitrogens is 2. The lowest BCUT2D eigenvalue weighted by molar-refractivity contribution is -0.362. The van der Waals surface area contributed by atoms with E-state index in [1.54, 1.807) is 26.0 Å². The minimum atomic E-state index is -1.36. The van der Waals surface area contributed by atoms with Crippen molar-refractivity contribution in [3.63, 3.8) is 0 Å². The highest BCUT2D eigenvalue weighted by atomic mass is 16.4. The molecule has 0 bridgehead atoms. The predicted octanol–water partition coefficient (Wildman–Crippen LogP) is 0.741. The van der Waals surface area contributed by atoms with Gasteiger partial charge in [-0.05, 0) is 57.2 Å². The first-order valence-corrected chi connectivity index (χ1v) is 10.4. The standard InChI is InChI=1S/C19H21NO4.2C2H7N/c1-4-6-15(21)12-9-10-13(18(22)20-5-2)16-11(3)7-8-14(17(12)16)19(23)24;2*1-2-3/h7-10H,4-6H2,1-3H3,(H,20,22)(H,23,24);2*2-3H2,1H3/p+1. The van der Waals surface area contributed by atoms with Gasteiger partial charge >= 0.3 is 0 Å². The molecule has 2 rings (SSSR count). The molecule has 0 atom stereocenters. The van der Waals surface area contributed by atoms with E-state index < -0.39 is 5.97 Å². The molecule has 0 aromatic heterocycles. The number of fused-ring (bicyclic) bond motifs is 1. The number of carbonyl (C=O) groups is 3. The number of nitrogens with one attached hydrogen (secondary N) is 1. The summed E-state index contributed by atoms with van der Waals surface area (Å²) in [5.74, 6) is -1.80. The van der Waals surface area contributed by atoms with Gasteiger partial charge in [0.05, 0.1) is 19.1 Å². The summed E-state index contributed by atoms with van der Waals surface area (Å²) in [6.07, 6.45) is 0.973. The van der Waals surface area contributed by atoms with Crippen LogP contribution in [-0.4, -0.2) is 37.3 Å². The molecule has 0 saturated heterocycles. The second kappa shape index (κ2) is 14.3. The van der Waals surface area contributed by atoms with Gasteiger partial charge in [-0.15, -0.1) is 0 Å². The van der Waals surface area contributed by atoms with Crippen LogP contribution in [0.3, 0.4) is 0 Å². The number of aryl methyl sites for hydroxylation is 1. The molecule has 0 aliphatic rings. The fourth-order valence-electron chi connectivity index (χ4n) is 2.88. The fourth-order valence-corrected chi connectivity index (χ4v) is 2.88. The average Bonchev–Trinajstić information content (AvgIpc) is 2.68. The van der Waals surface area contributed by atoms with Crippen molar-refractivity contribution in [2.24, 2.45) is 0 Å². The largest absolute Gasteiger partial charge is 0.545 e. The Hall–Kier alpha value is -2.77. The lowest BCUT2D eigenvalue weighted by atomic mass is 9.89. The molecule has 30 heavy (non-hydrogen) atoms. The summed E-state index contributed by atoms with van der Waals surface area (Å²) >= 11 is 0. The lowest BCUT2D eigenvalue weighted by Crippen LogP contribution is -2.48. The average molecular weight is 419 g/mol. The summed E-state index contributed by atoms with van der Waals surface area (Å²) in [6, 6.07) is 6.18. The number of Topliss-reactive ketones (excluding diaryl/α,β-unsaturated/α-hetero) is 1. The molecule has 7 nitrogen and oxygen atoms in total. The summed E-state index contributed by atoms with van der Waals surface area (Å²) in [5, 5.41) is 15.0. The molecule has 1 amide bonds. The molecule has 166 valence electrons. The number of ketones is 1. The number of carbonyl (C=O) groups excluding carboxylic acids is 3. The van der Waals surface area contributed by atoms with Crippen LogP contribution in [0, 0.1) is 6.92 Å². The molecule has 0 aliphatic heterocycles. The summed E-state index contributed by atoms with van der Waals surface area (Å²) in [5.41, 5.74) is 8.33. The second-order valence-corrected chi connectivity index (χ2v) is 6.66. The lowest BCUT2D eigenvalue weighted by Gasteiger charge is -2.17. The highest BCUT2D eigenvalue weighted by Gasteiger charge is 2.19. The molecule has 7 N–H and O–H groups in total. The highest BCUT2D eigenvalue weighted by molar-refractivity contribution is 6.20. The van der Waals surface area contributed by atoms with E-state index in [0.29, 0.717) is 35.9 Å². The molecule has 0 saturated carbocycles. The Morgan fingerprint density at radius 2 is 1.37 bits per heavy atom. The van der Waals surface area contributed by atoms with E-state index in [0.717, 1.165) is 18.7 Å². The Morgan fingerprint density at radius 1 is 0.867 bits per heavy atom. The molecule has 0 aliphatic carbocycles. The van der Waals surface area contributed by atoms with E-state index in [2.05, 4.69) is 16.8 Å². The molecule has 0 spiro atoms. The molecule has 0 heterocycles. The van der Waals surface area contributed by atoms with Crippen LogP contribution in [0.1, 0.15) is 77.2 Å². The van der Waals surface area contributed by atoms with Gasteiger partial charge in [-0.3, -0.25) is 9.59 Å². The molecular weight excluding hydrogens is 382 g/mol. The van der Waals surface area contributed by atoms with Crippen LogP contribution < -0.4 is 21.9 Å². The minimum Gasteiger partial charge on any atom is -0.545 e. The van der Waals surface area contributed by atoms with Crippen LogP contribution in [0.2, 0.25) is 0 Å². The van der Waals surface area contributed by atoms with Crippen LogP contribution >= 0.6 is 0 Å². The van der Waals surface area contributed by atoms with Crippen molar-refractivity contribution in [3.05, 3.63) is 46.5 Å². The first-order valence-electron chi connectivity index (χ1n) is 10.4. The maximum Gasteiger partial charge on any atom is 0.251 e. The topological polar surface area (TPSA) is 142 Å². The van der Waals surface area contributed by atoms with Crippen molar-refractivity contribution in [3.8, 4) is 0 Å². The second-order valence-electron chi connectivity index (χ2n) is 6.66. The Bertz CT molecular complexity index is 861. The third-order valence-electron chi connectivity index (χ3n) is 3.95. The predicted molar refractivity (Wildman–Crippen MR) is 117 cm³/mol. The number of amides is 1. The van der Waals surface area contributed by atoms with Gasteiger partial charge in [0.25, 0.3) is 5.91 Å². The monoisotopic (exact) mass is 418 g/mol. The summed E-state index contributed by atoms with van der Waals surface area (Å²) < 4.78 is 0. The maximum absolute atomic E-state index is 12.4. The van der Waals surface area contributed by atoms with Crippen LogP contribution in [0.5, 0.6) is 0 Å². The number of benzene rings is 2. The Labute approximate surface area is 178 Å². The van der Waals surface area contributed by atoms with E-state index in [9.17, 15) is 19.5 Å². The number of aromatic carboxylic acids is 1. The van der Waals surface area contributed by atoms with Gasteiger partial charge in [0.2, 0.25) is 0 Å². The van der Waals surface area contributed by atoms with Crippen LogP contribution in [-0.2, 0) is 0 Å². The quantitative estimate of drug-likeness (QED) is 0.595. The zero-order chi connectivity index (χ0) is 23.3. The fraction of sp³-hybridized carbons (Fsp3) is 0.435. The number of carboxylic acid groups (broad SMARTS) is 1.